The van der Waals surface area contributed by atoms with Gasteiger partial charge in [0.05, 0.1) is 12.8 Å². The molecule has 2 atom stereocenters. The van der Waals surface area contributed by atoms with E-state index < -0.39 is 0 Å². The smallest absolute Gasteiger partial charge is 0.226 e. The lowest BCUT2D eigenvalue weighted by molar-refractivity contribution is -0.132. The third-order valence-electron chi connectivity index (χ3n) is 5.42. The van der Waals surface area contributed by atoms with Crippen LogP contribution in [0.4, 0.5) is 0 Å². The summed E-state index contributed by atoms with van der Waals surface area (Å²) < 4.78 is 7.65. The molecule has 1 aliphatic heterocycles. The second kappa shape index (κ2) is 7.04. The van der Waals surface area contributed by atoms with Crippen molar-refractivity contribution >= 4 is 5.91 Å². The molecule has 2 aliphatic rings. The molecule has 2 unspecified atom stereocenters. The third-order valence-corrected chi connectivity index (χ3v) is 5.42. The third kappa shape index (κ3) is 3.49. The maximum atomic E-state index is 12.8. The Hall–Kier alpha value is -2.08. The van der Waals surface area contributed by atoms with E-state index in [0.717, 1.165) is 63.7 Å². The molecule has 0 aromatic carbocycles. The van der Waals surface area contributed by atoms with E-state index in [1.165, 1.54) is 0 Å². The average molecular weight is 342 g/mol. The van der Waals surface area contributed by atoms with Crippen LogP contribution in [0.3, 0.4) is 0 Å². The summed E-state index contributed by atoms with van der Waals surface area (Å²) >= 11 is 0. The van der Waals surface area contributed by atoms with Crippen LogP contribution in [0.15, 0.2) is 35.2 Å². The van der Waals surface area contributed by atoms with Gasteiger partial charge in [-0.25, -0.2) is 4.98 Å². The monoisotopic (exact) mass is 342 g/mol. The van der Waals surface area contributed by atoms with Gasteiger partial charge in [0.25, 0.3) is 0 Å². The molecule has 2 aromatic rings. The zero-order valence-corrected chi connectivity index (χ0v) is 14.8. The summed E-state index contributed by atoms with van der Waals surface area (Å²) in [6.45, 7) is 7.56. The highest BCUT2D eigenvalue weighted by Gasteiger charge is 2.47. The van der Waals surface area contributed by atoms with E-state index in [1.54, 1.807) is 6.26 Å². The van der Waals surface area contributed by atoms with Gasteiger partial charge < -0.3 is 13.9 Å². The van der Waals surface area contributed by atoms with Gasteiger partial charge in [-0.1, -0.05) is 0 Å². The predicted octanol–water partition coefficient (Wildman–Crippen LogP) is 2.33. The van der Waals surface area contributed by atoms with Crippen molar-refractivity contribution < 1.29 is 9.21 Å². The molecule has 2 fully saturated rings. The molecular weight excluding hydrogens is 316 g/mol. The maximum Gasteiger partial charge on any atom is 0.226 e. The molecule has 4 rings (SSSR count). The molecule has 3 heterocycles. The van der Waals surface area contributed by atoms with Gasteiger partial charge in [0.1, 0.15) is 11.6 Å². The number of carbonyl (C=O) groups is 1. The normalized spacial score (nSPS) is 24.3. The number of hydrogen-bond acceptors (Lipinski definition) is 4. The highest BCUT2D eigenvalue weighted by Crippen LogP contribution is 2.48. The second-order valence-corrected chi connectivity index (χ2v) is 7.05. The van der Waals surface area contributed by atoms with Crippen molar-refractivity contribution in [2.75, 3.05) is 26.2 Å². The molecule has 1 saturated carbocycles. The minimum atomic E-state index is 0.122. The van der Waals surface area contributed by atoms with Crippen molar-refractivity contribution in [3.05, 3.63) is 42.4 Å². The predicted molar refractivity (Wildman–Crippen MR) is 93.9 cm³/mol. The van der Waals surface area contributed by atoms with Crippen molar-refractivity contribution in [2.45, 2.75) is 38.8 Å². The van der Waals surface area contributed by atoms with E-state index in [1.807, 2.05) is 24.5 Å². The summed E-state index contributed by atoms with van der Waals surface area (Å²) in [5, 5.41) is 0. The fraction of sp³-hybridized carbons (Fsp3) is 0.579. The lowest BCUT2D eigenvalue weighted by Crippen LogP contribution is -2.36. The molecule has 6 nitrogen and oxygen atoms in total. The number of aryl methyl sites for hydroxylation is 1. The minimum Gasteiger partial charge on any atom is -0.469 e. The van der Waals surface area contributed by atoms with Crippen molar-refractivity contribution in [1.29, 1.82) is 0 Å². The van der Waals surface area contributed by atoms with Gasteiger partial charge in [-0.05, 0) is 31.9 Å². The molecule has 1 saturated heterocycles. The lowest BCUT2D eigenvalue weighted by Gasteiger charge is -2.22. The van der Waals surface area contributed by atoms with Gasteiger partial charge in [0.15, 0.2) is 0 Å². The Morgan fingerprint density at radius 3 is 3.04 bits per heavy atom. The molecule has 2 aromatic heterocycles. The van der Waals surface area contributed by atoms with E-state index in [9.17, 15) is 4.79 Å². The van der Waals surface area contributed by atoms with Crippen molar-refractivity contribution in [3.63, 3.8) is 0 Å². The largest absolute Gasteiger partial charge is 0.469 e. The number of carbonyl (C=O) groups excluding carboxylic acids is 1. The van der Waals surface area contributed by atoms with Crippen molar-refractivity contribution in [2.24, 2.45) is 5.92 Å². The van der Waals surface area contributed by atoms with E-state index in [4.69, 9.17) is 4.42 Å². The summed E-state index contributed by atoms with van der Waals surface area (Å²) in [5.41, 5.74) is 0. The summed E-state index contributed by atoms with van der Waals surface area (Å²) in [6, 6.07) is 3.89. The van der Waals surface area contributed by atoms with E-state index in [0.29, 0.717) is 11.8 Å². The van der Waals surface area contributed by atoms with E-state index >= 15 is 0 Å². The quantitative estimate of drug-likeness (QED) is 0.837. The molecular formula is C19H26N4O2. The number of furan rings is 1. The Bertz CT molecular complexity index is 709. The van der Waals surface area contributed by atoms with Crippen LogP contribution in [0.5, 0.6) is 0 Å². The van der Waals surface area contributed by atoms with Gasteiger partial charge in [0.2, 0.25) is 5.91 Å². The van der Waals surface area contributed by atoms with Crippen LogP contribution in [0.25, 0.3) is 0 Å². The van der Waals surface area contributed by atoms with Crippen LogP contribution in [0.2, 0.25) is 0 Å². The number of nitrogens with zero attached hydrogens (tertiary/aromatic N) is 4. The number of rotatable bonds is 5. The Morgan fingerprint density at radius 1 is 1.32 bits per heavy atom. The number of hydrogen-bond donors (Lipinski definition) is 0. The highest BCUT2D eigenvalue weighted by atomic mass is 16.3. The molecule has 0 spiro atoms. The van der Waals surface area contributed by atoms with Crippen LogP contribution in [-0.4, -0.2) is 51.4 Å². The Balaban J connectivity index is 1.32. The fourth-order valence-electron chi connectivity index (χ4n) is 3.85. The van der Waals surface area contributed by atoms with Crippen LogP contribution in [-0.2, 0) is 17.9 Å². The summed E-state index contributed by atoms with van der Waals surface area (Å²) in [6.07, 6.45) is 7.55. The SMILES string of the molecule is CCn1ccnc1CN1CCCN(C(=O)C2CC2c2ccco2)CC1. The molecule has 1 amide bonds. The first-order valence-electron chi connectivity index (χ1n) is 9.31. The Morgan fingerprint density at radius 2 is 2.24 bits per heavy atom. The zero-order chi connectivity index (χ0) is 17.2. The second-order valence-electron chi connectivity index (χ2n) is 7.05. The molecule has 0 radical (unpaired) electrons. The Labute approximate surface area is 148 Å². The summed E-state index contributed by atoms with van der Waals surface area (Å²) in [7, 11) is 0. The molecule has 6 heteroatoms. The van der Waals surface area contributed by atoms with Crippen molar-refractivity contribution in [1.82, 2.24) is 19.4 Å². The summed E-state index contributed by atoms with van der Waals surface area (Å²) in [4.78, 5) is 21.7. The van der Waals surface area contributed by atoms with Crippen LogP contribution in [0.1, 0.15) is 37.3 Å². The van der Waals surface area contributed by atoms with Gasteiger partial charge in [0, 0.05) is 57.0 Å². The van der Waals surface area contributed by atoms with Gasteiger partial charge in [-0.2, -0.15) is 0 Å². The average Bonchev–Trinajstić information content (AvgIpc) is 3.09. The van der Waals surface area contributed by atoms with Crippen molar-refractivity contribution in [3.8, 4) is 0 Å². The molecule has 0 N–H and O–H groups in total. The lowest BCUT2D eigenvalue weighted by atomic mass is 10.2. The first-order chi connectivity index (χ1) is 12.3. The fourth-order valence-corrected chi connectivity index (χ4v) is 3.85. The number of amides is 1. The first-order valence-corrected chi connectivity index (χ1v) is 9.31. The number of aromatic nitrogens is 2. The molecule has 1 aliphatic carbocycles. The summed E-state index contributed by atoms with van der Waals surface area (Å²) in [5.74, 6) is 2.79. The molecule has 0 bridgehead atoms. The van der Waals surface area contributed by atoms with E-state index in [2.05, 4.69) is 26.3 Å². The van der Waals surface area contributed by atoms with Crippen LogP contribution >= 0.6 is 0 Å². The Kier molecular flexibility index (Phi) is 4.61. The topological polar surface area (TPSA) is 54.5 Å². The van der Waals surface area contributed by atoms with E-state index in [-0.39, 0.29) is 5.92 Å². The number of imidazole rings is 1. The minimum absolute atomic E-state index is 0.122. The van der Waals surface area contributed by atoms with Crippen LogP contribution < -0.4 is 0 Å². The highest BCUT2D eigenvalue weighted by molar-refractivity contribution is 5.82. The first kappa shape index (κ1) is 16.4. The zero-order valence-electron chi connectivity index (χ0n) is 14.8. The van der Waals surface area contributed by atoms with Gasteiger partial charge in [-0.15, -0.1) is 0 Å². The van der Waals surface area contributed by atoms with Gasteiger partial charge in [-0.3, -0.25) is 9.69 Å². The standard InChI is InChI=1S/C19H26N4O2/c1-2-22-9-6-20-18(22)14-21-7-4-8-23(11-10-21)19(24)16-13-15(16)17-5-3-12-25-17/h3,5-6,9,12,15-16H,2,4,7-8,10-11,13-14H2,1H3. The van der Waals surface area contributed by atoms with Gasteiger partial charge >= 0.3 is 0 Å². The molecule has 134 valence electrons. The maximum absolute atomic E-state index is 12.8. The molecule has 25 heavy (non-hydrogen) atoms. The van der Waals surface area contributed by atoms with Crippen LogP contribution in [0, 0.1) is 5.92 Å².